The Bertz CT molecular complexity index is 480. The number of aryl methyl sites for hydroxylation is 1. The van der Waals surface area contributed by atoms with Crippen molar-refractivity contribution in [3.63, 3.8) is 0 Å². The fourth-order valence-corrected chi connectivity index (χ4v) is 2.33. The van der Waals surface area contributed by atoms with Gasteiger partial charge in [0.2, 0.25) is 0 Å². The van der Waals surface area contributed by atoms with Gasteiger partial charge in [-0.25, -0.2) is 4.79 Å². The zero-order valence-electron chi connectivity index (χ0n) is 13.0. The Balaban J connectivity index is 1.67. The lowest BCUT2D eigenvalue weighted by Gasteiger charge is -2.34. The number of hydrogen-bond acceptors (Lipinski definition) is 4. The summed E-state index contributed by atoms with van der Waals surface area (Å²) in [7, 11) is 0. The SMILES string of the molecule is Cc1nnccc1NC(=O)NCCC1CCC(C)(C)CO1. The molecule has 2 N–H and O–H groups in total. The van der Waals surface area contributed by atoms with Gasteiger partial charge >= 0.3 is 6.03 Å². The van der Waals surface area contributed by atoms with E-state index in [2.05, 4.69) is 34.7 Å². The molecule has 0 radical (unpaired) electrons. The van der Waals surface area contributed by atoms with E-state index in [-0.39, 0.29) is 17.6 Å². The molecular formula is C15H24N4O2. The summed E-state index contributed by atoms with van der Waals surface area (Å²) in [5, 5.41) is 13.3. The van der Waals surface area contributed by atoms with Gasteiger partial charge in [0.05, 0.1) is 30.3 Å². The number of rotatable bonds is 4. The maximum absolute atomic E-state index is 11.8. The van der Waals surface area contributed by atoms with Gasteiger partial charge in [-0.15, -0.1) is 0 Å². The first kappa shape index (κ1) is 15.7. The van der Waals surface area contributed by atoms with Crippen LogP contribution in [0.4, 0.5) is 10.5 Å². The summed E-state index contributed by atoms with van der Waals surface area (Å²) in [6.07, 6.45) is 4.88. The summed E-state index contributed by atoms with van der Waals surface area (Å²) in [5.41, 5.74) is 1.66. The molecule has 6 nitrogen and oxygen atoms in total. The summed E-state index contributed by atoms with van der Waals surface area (Å²) in [6, 6.07) is 1.51. The van der Waals surface area contributed by atoms with Crippen molar-refractivity contribution in [1.82, 2.24) is 15.5 Å². The second-order valence-electron chi connectivity index (χ2n) is 6.34. The van der Waals surface area contributed by atoms with E-state index in [0.29, 0.717) is 17.9 Å². The predicted molar refractivity (Wildman–Crippen MR) is 81.2 cm³/mol. The molecule has 0 saturated carbocycles. The Morgan fingerprint density at radius 1 is 1.52 bits per heavy atom. The summed E-state index contributed by atoms with van der Waals surface area (Å²) < 4.78 is 5.82. The van der Waals surface area contributed by atoms with E-state index in [1.807, 2.05) is 0 Å². The average Bonchev–Trinajstić information content (AvgIpc) is 2.43. The zero-order chi connectivity index (χ0) is 15.3. The highest BCUT2D eigenvalue weighted by molar-refractivity contribution is 5.89. The van der Waals surface area contributed by atoms with Crippen molar-refractivity contribution >= 4 is 11.7 Å². The van der Waals surface area contributed by atoms with Crippen LogP contribution in [-0.2, 0) is 4.74 Å². The third kappa shape index (κ3) is 4.97. The van der Waals surface area contributed by atoms with E-state index in [4.69, 9.17) is 4.74 Å². The van der Waals surface area contributed by atoms with Crippen LogP contribution in [0, 0.1) is 12.3 Å². The molecule has 0 aromatic carbocycles. The largest absolute Gasteiger partial charge is 0.378 e. The Morgan fingerprint density at radius 3 is 3.00 bits per heavy atom. The number of carbonyl (C=O) groups is 1. The molecule has 0 aliphatic carbocycles. The van der Waals surface area contributed by atoms with Crippen LogP contribution in [-0.4, -0.2) is 35.5 Å². The minimum atomic E-state index is -0.220. The second kappa shape index (κ2) is 6.85. The zero-order valence-corrected chi connectivity index (χ0v) is 13.0. The van der Waals surface area contributed by atoms with Crippen LogP contribution in [0.2, 0.25) is 0 Å². The minimum Gasteiger partial charge on any atom is -0.378 e. The predicted octanol–water partition coefficient (Wildman–Crippen LogP) is 2.50. The number of anilines is 1. The standard InChI is InChI=1S/C15H24N4O2/c1-11-13(6-9-17-19-11)18-14(20)16-8-5-12-4-7-15(2,3)10-21-12/h6,9,12H,4-5,7-8,10H2,1-3H3,(H2,16,17,18,20). The van der Waals surface area contributed by atoms with Gasteiger partial charge in [-0.3, -0.25) is 0 Å². The van der Waals surface area contributed by atoms with Gasteiger partial charge < -0.3 is 15.4 Å². The van der Waals surface area contributed by atoms with Gasteiger partial charge in [0.15, 0.2) is 0 Å². The number of nitrogens with one attached hydrogen (secondary N) is 2. The number of carbonyl (C=O) groups excluding carboxylic acids is 1. The monoisotopic (exact) mass is 292 g/mol. The number of amides is 2. The number of ether oxygens (including phenoxy) is 1. The van der Waals surface area contributed by atoms with E-state index in [0.717, 1.165) is 19.4 Å². The number of aromatic nitrogens is 2. The van der Waals surface area contributed by atoms with Crippen molar-refractivity contribution in [3.8, 4) is 0 Å². The first-order valence-electron chi connectivity index (χ1n) is 7.41. The molecular weight excluding hydrogens is 268 g/mol. The third-order valence-corrected chi connectivity index (χ3v) is 3.76. The lowest BCUT2D eigenvalue weighted by atomic mass is 9.85. The maximum Gasteiger partial charge on any atom is 0.319 e. The van der Waals surface area contributed by atoms with Crippen molar-refractivity contribution in [2.45, 2.75) is 46.1 Å². The normalized spacial score (nSPS) is 20.8. The summed E-state index contributed by atoms with van der Waals surface area (Å²) in [6.45, 7) is 7.65. The van der Waals surface area contributed by atoms with Gasteiger partial charge in [0, 0.05) is 6.54 Å². The van der Waals surface area contributed by atoms with E-state index < -0.39 is 0 Å². The van der Waals surface area contributed by atoms with Gasteiger partial charge in [-0.05, 0) is 37.7 Å². The lowest BCUT2D eigenvalue weighted by molar-refractivity contribution is -0.0505. The molecule has 1 aromatic rings. The summed E-state index contributed by atoms with van der Waals surface area (Å²) in [5.74, 6) is 0. The third-order valence-electron chi connectivity index (χ3n) is 3.76. The van der Waals surface area contributed by atoms with Gasteiger partial charge in [0.1, 0.15) is 0 Å². The molecule has 1 aliphatic rings. The number of urea groups is 1. The molecule has 2 rings (SSSR count). The van der Waals surface area contributed by atoms with E-state index in [9.17, 15) is 4.79 Å². The lowest BCUT2D eigenvalue weighted by Crippen LogP contribution is -2.36. The Kier molecular flexibility index (Phi) is 5.12. The summed E-state index contributed by atoms with van der Waals surface area (Å²) >= 11 is 0. The average molecular weight is 292 g/mol. The molecule has 6 heteroatoms. The van der Waals surface area contributed by atoms with Crippen molar-refractivity contribution in [3.05, 3.63) is 18.0 Å². The Hall–Kier alpha value is -1.69. The fourth-order valence-electron chi connectivity index (χ4n) is 2.33. The molecule has 1 atom stereocenters. The maximum atomic E-state index is 11.8. The van der Waals surface area contributed by atoms with Gasteiger partial charge in [-0.2, -0.15) is 10.2 Å². The highest BCUT2D eigenvalue weighted by Gasteiger charge is 2.27. The summed E-state index contributed by atoms with van der Waals surface area (Å²) in [4.78, 5) is 11.8. The molecule has 21 heavy (non-hydrogen) atoms. The molecule has 2 heterocycles. The Morgan fingerprint density at radius 2 is 2.33 bits per heavy atom. The number of hydrogen-bond donors (Lipinski definition) is 2. The van der Waals surface area contributed by atoms with Crippen molar-refractivity contribution in [1.29, 1.82) is 0 Å². The quantitative estimate of drug-likeness (QED) is 0.894. The molecule has 1 aliphatic heterocycles. The topological polar surface area (TPSA) is 76.1 Å². The number of nitrogens with zero attached hydrogens (tertiary/aromatic N) is 2. The molecule has 1 saturated heterocycles. The fraction of sp³-hybridized carbons (Fsp3) is 0.667. The molecule has 0 bridgehead atoms. The highest BCUT2D eigenvalue weighted by atomic mass is 16.5. The highest BCUT2D eigenvalue weighted by Crippen LogP contribution is 2.30. The molecule has 1 aromatic heterocycles. The van der Waals surface area contributed by atoms with Crippen LogP contribution >= 0.6 is 0 Å². The van der Waals surface area contributed by atoms with E-state index in [1.165, 1.54) is 6.42 Å². The van der Waals surface area contributed by atoms with E-state index in [1.54, 1.807) is 19.2 Å². The molecule has 1 fully saturated rings. The molecule has 2 amide bonds. The van der Waals surface area contributed by atoms with Gasteiger partial charge in [0.25, 0.3) is 0 Å². The van der Waals surface area contributed by atoms with Crippen LogP contribution in [0.15, 0.2) is 12.3 Å². The van der Waals surface area contributed by atoms with Crippen LogP contribution in [0.1, 0.15) is 38.8 Å². The smallest absolute Gasteiger partial charge is 0.319 e. The first-order chi connectivity index (χ1) is 9.96. The van der Waals surface area contributed by atoms with Crippen LogP contribution in [0.3, 0.4) is 0 Å². The van der Waals surface area contributed by atoms with Crippen molar-refractivity contribution < 1.29 is 9.53 Å². The van der Waals surface area contributed by atoms with Crippen molar-refractivity contribution in [2.24, 2.45) is 5.41 Å². The van der Waals surface area contributed by atoms with Crippen LogP contribution in [0.5, 0.6) is 0 Å². The molecule has 1 unspecified atom stereocenters. The van der Waals surface area contributed by atoms with Crippen molar-refractivity contribution in [2.75, 3.05) is 18.5 Å². The first-order valence-corrected chi connectivity index (χ1v) is 7.41. The van der Waals surface area contributed by atoms with E-state index >= 15 is 0 Å². The minimum absolute atomic E-state index is 0.220. The molecule has 0 spiro atoms. The van der Waals surface area contributed by atoms with Crippen LogP contribution in [0.25, 0.3) is 0 Å². The van der Waals surface area contributed by atoms with Crippen LogP contribution < -0.4 is 10.6 Å². The molecule has 116 valence electrons. The van der Waals surface area contributed by atoms with Gasteiger partial charge in [-0.1, -0.05) is 13.8 Å². The Labute approximate surface area is 125 Å². The second-order valence-corrected chi connectivity index (χ2v) is 6.34.